The Labute approximate surface area is 143 Å². The van der Waals surface area contributed by atoms with Crippen LogP contribution in [0, 0.1) is 0 Å². The van der Waals surface area contributed by atoms with Crippen LogP contribution in [0.2, 0.25) is 0 Å². The van der Waals surface area contributed by atoms with E-state index in [0.29, 0.717) is 0 Å². The van der Waals surface area contributed by atoms with Crippen molar-refractivity contribution in [3.63, 3.8) is 0 Å². The summed E-state index contributed by atoms with van der Waals surface area (Å²) in [7, 11) is 0. The van der Waals surface area contributed by atoms with Crippen molar-refractivity contribution in [3.8, 4) is 22.0 Å². The Morgan fingerprint density at radius 1 is 0.750 bits per heavy atom. The SMILES string of the molecule is c1ccc(-c2ccc(Nc3cccc(-c4nccs4)n3)nc2)nc1. The van der Waals surface area contributed by atoms with Crippen LogP contribution in [0.5, 0.6) is 0 Å². The minimum absolute atomic E-state index is 0.735. The number of rotatable bonds is 4. The van der Waals surface area contributed by atoms with Gasteiger partial charge in [-0.25, -0.2) is 15.0 Å². The van der Waals surface area contributed by atoms with Crippen molar-refractivity contribution in [2.24, 2.45) is 0 Å². The van der Waals surface area contributed by atoms with E-state index in [1.165, 1.54) is 0 Å². The van der Waals surface area contributed by atoms with Gasteiger partial charge >= 0.3 is 0 Å². The molecule has 116 valence electrons. The minimum atomic E-state index is 0.735. The van der Waals surface area contributed by atoms with E-state index in [1.54, 1.807) is 29.9 Å². The molecule has 0 radical (unpaired) electrons. The molecule has 0 aliphatic carbocycles. The molecular weight excluding hydrogens is 318 g/mol. The molecule has 0 fully saturated rings. The molecule has 4 aromatic rings. The van der Waals surface area contributed by atoms with E-state index in [4.69, 9.17) is 0 Å². The molecule has 0 aliphatic heterocycles. The van der Waals surface area contributed by atoms with Gasteiger partial charge in [-0.3, -0.25) is 4.98 Å². The normalized spacial score (nSPS) is 10.5. The summed E-state index contributed by atoms with van der Waals surface area (Å²) < 4.78 is 0. The third kappa shape index (κ3) is 3.13. The molecule has 1 N–H and O–H groups in total. The number of aromatic nitrogens is 4. The van der Waals surface area contributed by atoms with Gasteiger partial charge in [-0.1, -0.05) is 12.1 Å². The zero-order chi connectivity index (χ0) is 16.2. The monoisotopic (exact) mass is 331 g/mol. The Balaban J connectivity index is 1.55. The molecule has 4 heterocycles. The smallest absolute Gasteiger partial charge is 0.141 e. The van der Waals surface area contributed by atoms with E-state index >= 15 is 0 Å². The molecule has 5 nitrogen and oxygen atoms in total. The van der Waals surface area contributed by atoms with Crippen LogP contribution in [0.4, 0.5) is 11.6 Å². The standard InChI is InChI=1S/C18H13N5S/c1-2-9-19-14(4-1)13-7-8-16(21-12-13)23-17-6-3-5-15(22-17)18-20-10-11-24-18/h1-12H,(H,21,22,23). The van der Waals surface area contributed by atoms with E-state index in [1.807, 2.05) is 53.9 Å². The maximum absolute atomic E-state index is 4.58. The van der Waals surface area contributed by atoms with E-state index < -0.39 is 0 Å². The van der Waals surface area contributed by atoms with Gasteiger partial charge in [0.2, 0.25) is 0 Å². The van der Waals surface area contributed by atoms with Crippen molar-refractivity contribution >= 4 is 23.0 Å². The lowest BCUT2D eigenvalue weighted by Gasteiger charge is -2.07. The van der Waals surface area contributed by atoms with Crippen LogP contribution in [0.15, 0.2) is 72.5 Å². The number of nitrogens with zero attached hydrogens (tertiary/aromatic N) is 4. The Morgan fingerprint density at radius 2 is 1.71 bits per heavy atom. The van der Waals surface area contributed by atoms with Gasteiger partial charge in [0, 0.05) is 29.5 Å². The summed E-state index contributed by atoms with van der Waals surface area (Å²) in [5, 5.41) is 6.06. The van der Waals surface area contributed by atoms with Crippen LogP contribution < -0.4 is 5.32 Å². The maximum Gasteiger partial charge on any atom is 0.141 e. The second-order valence-corrected chi connectivity index (χ2v) is 5.91. The molecule has 0 unspecified atom stereocenters. The lowest BCUT2D eigenvalue weighted by atomic mass is 10.2. The fourth-order valence-corrected chi connectivity index (χ4v) is 2.86. The second-order valence-electron chi connectivity index (χ2n) is 5.02. The fourth-order valence-electron chi connectivity index (χ4n) is 2.26. The summed E-state index contributed by atoms with van der Waals surface area (Å²) in [4.78, 5) is 17.6. The molecule has 0 saturated heterocycles. The quantitative estimate of drug-likeness (QED) is 0.600. The van der Waals surface area contributed by atoms with Crippen molar-refractivity contribution in [2.75, 3.05) is 5.32 Å². The van der Waals surface area contributed by atoms with Crippen LogP contribution in [0.25, 0.3) is 22.0 Å². The Bertz CT molecular complexity index is 921. The van der Waals surface area contributed by atoms with Crippen LogP contribution in [-0.4, -0.2) is 19.9 Å². The highest BCUT2D eigenvalue weighted by Crippen LogP contribution is 2.23. The van der Waals surface area contributed by atoms with E-state index in [-0.39, 0.29) is 0 Å². The number of hydrogen-bond donors (Lipinski definition) is 1. The number of nitrogens with one attached hydrogen (secondary N) is 1. The fraction of sp³-hybridized carbons (Fsp3) is 0. The van der Waals surface area contributed by atoms with Gasteiger partial charge in [0.05, 0.1) is 5.69 Å². The molecule has 0 aliphatic rings. The van der Waals surface area contributed by atoms with Gasteiger partial charge in [0.15, 0.2) is 0 Å². The molecule has 0 atom stereocenters. The molecular formula is C18H13N5S. The van der Waals surface area contributed by atoms with E-state index in [9.17, 15) is 0 Å². The van der Waals surface area contributed by atoms with Crippen molar-refractivity contribution in [2.45, 2.75) is 0 Å². The third-order valence-corrected chi connectivity index (χ3v) is 4.18. The largest absolute Gasteiger partial charge is 0.325 e. The van der Waals surface area contributed by atoms with Crippen molar-refractivity contribution < 1.29 is 0 Å². The Morgan fingerprint density at radius 3 is 2.46 bits per heavy atom. The predicted molar refractivity (Wildman–Crippen MR) is 96.1 cm³/mol. The molecule has 4 rings (SSSR count). The summed E-state index contributed by atoms with van der Waals surface area (Å²) in [6, 6.07) is 15.5. The Hall–Kier alpha value is -3.12. The number of pyridine rings is 3. The topological polar surface area (TPSA) is 63.6 Å². The first-order chi connectivity index (χ1) is 11.9. The zero-order valence-corrected chi connectivity index (χ0v) is 13.4. The van der Waals surface area contributed by atoms with Gasteiger partial charge in [-0.2, -0.15) is 0 Å². The number of anilines is 2. The van der Waals surface area contributed by atoms with Crippen molar-refractivity contribution in [3.05, 3.63) is 72.5 Å². The molecule has 6 heteroatoms. The van der Waals surface area contributed by atoms with Gasteiger partial charge in [-0.15, -0.1) is 11.3 Å². The third-order valence-electron chi connectivity index (χ3n) is 3.38. The zero-order valence-electron chi connectivity index (χ0n) is 12.6. The second kappa shape index (κ2) is 6.55. The van der Waals surface area contributed by atoms with Crippen LogP contribution >= 0.6 is 11.3 Å². The molecule has 4 aromatic heterocycles. The minimum Gasteiger partial charge on any atom is -0.325 e. The summed E-state index contributed by atoms with van der Waals surface area (Å²) in [6.07, 6.45) is 5.35. The van der Waals surface area contributed by atoms with E-state index in [2.05, 4.69) is 25.3 Å². The highest BCUT2D eigenvalue weighted by atomic mass is 32.1. The first kappa shape index (κ1) is 14.5. The van der Waals surface area contributed by atoms with E-state index in [0.717, 1.165) is 33.6 Å². The summed E-state index contributed by atoms with van der Waals surface area (Å²) in [5.74, 6) is 1.47. The van der Waals surface area contributed by atoms with Crippen molar-refractivity contribution in [1.82, 2.24) is 19.9 Å². The average Bonchev–Trinajstić information content (AvgIpc) is 3.18. The maximum atomic E-state index is 4.58. The Kier molecular flexibility index (Phi) is 3.95. The molecule has 0 bridgehead atoms. The molecule has 0 spiro atoms. The van der Waals surface area contributed by atoms with Gasteiger partial charge in [0.25, 0.3) is 0 Å². The van der Waals surface area contributed by atoms with Crippen LogP contribution in [0.3, 0.4) is 0 Å². The highest BCUT2D eigenvalue weighted by Gasteiger charge is 2.05. The molecule has 0 saturated carbocycles. The van der Waals surface area contributed by atoms with Crippen LogP contribution in [-0.2, 0) is 0 Å². The van der Waals surface area contributed by atoms with Gasteiger partial charge < -0.3 is 5.32 Å². The predicted octanol–water partition coefficient (Wildman–Crippen LogP) is 4.41. The lowest BCUT2D eigenvalue weighted by molar-refractivity contribution is 1.23. The highest BCUT2D eigenvalue weighted by molar-refractivity contribution is 7.13. The van der Waals surface area contributed by atoms with Crippen molar-refractivity contribution in [1.29, 1.82) is 0 Å². The average molecular weight is 331 g/mol. The van der Waals surface area contributed by atoms with Crippen LogP contribution in [0.1, 0.15) is 0 Å². The lowest BCUT2D eigenvalue weighted by Crippen LogP contribution is -1.97. The first-order valence-electron chi connectivity index (χ1n) is 7.40. The van der Waals surface area contributed by atoms with Gasteiger partial charge in [0.1, 0.15) is 22.3 Å². The number of thiazole rings is 1. The molecule has 0 amide bonds. The molecule has 24 heavy (non-hydrogen) atoms. The number of hydrogen-bond acceptors (Lipinski definition) is 6. The summed E-state index contributed by atoms with van der Waals surface area (Å²) in [6.45, 7) is 0. The van der Waals surface area contributed by atoms with Gasteiger partial charge in [-0.05, 0) is 36.4 Å². The summed E-state index contributed by atoms with van der Waals surface area (Å²) >= 11 is 1.57. The summed E-state index contributed by atoms with van der Waals surface area (Å²) in [5.41, 5.74) is 2.73. The molecule has 0 aromatic carbocycles. The first-order valence-corrected chi connectivity index (χ1v) is 8.28.